The Labute approximate surface area is 126 Å². The van der Waals surface area contributed by atoms with Crippen molar-refractivity contribution in [3.8, 4) is 11.5 Å². The van der Waals surface area contributed by atoms with Crippen LogP contribution < -0.4 is 5.73 Å². The van der Waals surface area contributed by atoms with E-state index in [1.54, 1.807) is 11.3 Å². The fraction of sp³-hybridized carbons (Fsp3) is 0.250. The molecule has 2 heterocycles. The molecule has 0 saturated heterocycles. The topological polar surface area (TPSA) is 64.9 Å². The van der Waals surface area contributed by atoms with Gasteiger partial charge in [-0.15, -0.1) is 11.3 Å². The van der Waals surface area contributed by atoms with Crippen LogP contribution in [0.4, 0.5) is 5.00 Å². The van der Waals surface area contributed by atoms with Crippen LogP contribution >= 0.6 is 11.3 Å². The Morgan fingerprint density at radius 2 is 2.19 bits per heavy atom. The van der Waals surface area contributed by atoms with Crippen molar-refractivity contribution in [1.82, 2.24) is 10.1 Å². The van der Waals surface area contributed by atoms with Gasteiger partial charge >= 0.3 is 0 Å². The lowest BCUT2D eigenvalue weighted by Crippen LogP contribution is -1.98. The van der Waals surface area contributed by atoms with Crippen LogP contribution in [-0.2, 0) is 6.42 Å². The Balaban J connectivity index is 1.71. The molecular formula is C16H15N3OS. The van der Waals surface area contributed by atoms with E-state index >= 15 is 0 Å². The highest BCUT2D eigenvalue weighted by Gasteiger charge is 2.28. The number of hydrogen-bond donors (Lipinski definition) is 1. The van der Waals surface area contributed by atoms with Gasteiger partial charge in [-0.05, 0) is 37.0 Å². The Bertz CT molecular complexity index is 805. The summed E-state index contributed by atoms with van der Waals surface area (Å²) in [6.45, 7) is 2.02. The third-order valence-corrected chi connectivity index (χ3v) is 4.88. The monoisotopic (exact) mass is 297 g/mol. The van der Waals surface area contributed by atoms with Crippen LogP contribution in [0, 0.1) is 6.92 Å². The molecule has 4 nitrogen and oxygen atoms in total. The minimum Gasteiger partial charge on any atom is -0.390 e. The lowest BCUT2D eigenvalue weighted by Gasteiger charge is -2.05. The summed E-state index contributed by atoms with van der Waals surface area (Å²) in [5.74, 6) is 1.52. The summed E-state index contributed by atoms with van der Waals surface area (Å²) in [6, 6.07) is 10.5. The molecule has 1 aliphatic rings. The first-order valence-corrected chi connectivity index (χ1v) is 7.81. The first-order valence-electron chi connectivity index (χ1n) is 7.00. The molecule has 0 amide bonds. The van der Waals surface area contributed by atoms with Gasteiger partial charge in [0, 0.05) is 10.8 Å². The fourth-order valence-corrected chi connectivity index (χ4v) is 3.79. The van der Waals surface area contributed by atoms with Crippen molar-refractivity contribution in [3.63, 3.8) is 0 Å². The number of nitrogen functional groups attached to an aromatic ring is 1. The maximum atomic E-state index is 6.00. The summed E-state index contributed by atoms with van der Waals surface area (Å²) in [5, 5.41) is 4.92. The molecule has 106 valence electrons. The van der Waals surface area contributed by atoms with E-state index in [1.165, 1.54) is 11.1 Å². The summed E-state index contributed by atoms with van der Waals surface area (Å²) in [4.78, 5) is 5.73. The number of nitrogens with zero attached hydrogens (tertiary/aromatic N) is 2. The highest BCUT2D eigenvalue weighted by molar-refractivity contribution is 7.16. The van der Waals surface area contributed by atoms with Gasteiger partial charge in [0.05, 0.1) is 10.6 Å². The third-order valence-electron chi connectivity index (χ3n) is 4.00. The van der Waals surface area contributed by atoms with Crippen molar-refractivity contribution < 1.29 is 4.52 Å². The number of fused-ring (bicyclic) bond motifs is 1. The second-order valence-electron chi connectivity index (χ2n) is 5.38. The number of anilines is 1. The number of rotatable bonds is 2. The zero-order valence-corrected chi connectivity index (χ0v) is 12.5. The van der Waals surface area contributed by atoms with Gasteiger partial charge in [0.15, 0.2) is 5.82 Å². The van der Waals surface area contributed by atoms with Gasteiger partial charge in [-0.2, -0.15) is 4.98 Å². The largest absolute Gasteiger partial charge is 0.390 e. The van der Waals surface area contributed by atoms with Gasteiger partial charge in [0.2, 0.25) is 0 Å². The second kappa shape index (κ2) is 4.70. The third kappa shape index (κ3) is 2.05. The van der Waals surface area contributed by atoms with E-state index in [2.05, 4.69) is 34.4 Å². The van der Waals surface area contributed by atoms with Crippen LogP contribution in [0.1, 0.15) is 34.2 Å². The molecule has 0 bridgehead atoms. The molecule has 5 heteroatoms. The minimum absolute atomic E-state index is 0.236. The smallest absolute Gasteiger partial charge is 0.260 e. The van der Waals surface area contributed by atoms with Gasteiger partial charge in [0.1, 0.15) is 0 Å². The second-order valence-corrected chi connectivity index (χ2v) is 6.67. The zero-order chi connectivity index (χ0) is 14.4. The van der Waals surface area contributed by atoms with Crippen molar-refractivity contribution in [2.24, 2.45) is 0 Å². The van der Waals surface area contributed by atoms with E-state index in [0.29, 0.717) is 5.89 Å². The van der Waals surface area contributed by atoms with E-state index in [1.807, 2.05) is 13.0 Å². The van der Waals surface area contributed by atoms with E-state index in [-0.39, 0.29) is 5.92 Å². The van der Waals surface area contributed by atoms with Crippen molar-refractivity contribution in [2.75, 3.05) is 5.73 Å². The maximum Gasteiger partial charge on any atom is 0.260 e. The maximum absolute atomic E-state index is 6.00. The van der Waals surface area contributed by atoms with Gasteiger partial charge in [0.25, 0.3) is 5.89 Å². The normalized spacial score (nSPS) is 17.1. The highest BCUT2D eigenvalue weighted by Crippen LogP contribution is 2.38. The van der Waals surface area contributed by atoms with Crippen LogP contribution in [0.3, 0.4) is 0 Å². The zero-order valence-electron chi connectivity index (χ0n) is 11.7. The summed E-state index contributed by atoms with van der Waals surface area (Å²) in [7, 11) is 0. The fourth-order valence-electron chi connectivity index (χ4n) is 3.01. The molecule has 0 saturated carbocycles. The Morgan fingerprint density at radius 3 is 3.00 bits per heavy atom. The summed E-state index contributed by atoms with van der Waals surface area (Å²) in [5.41, 5.74) is 9.56. The predicted octanol–water partition coefficient (Wildman–Crippen LogP) is 3.77. The van der Waals surface area contributed by atoms with Crippen LogP contribution in [0.2, 0.25) is 0 Å². The lowest BCUT2D eigenvalue weighted by atomic mass is 10.0. The van der Waals surface area contributed by atoms with Crippen molar-refractivity contribution in [3.05, 3.63) is 52.2 Å². The molecule has 1 aromatic carbocycles. The Morgan fingerprint density at radius 1 is 1.33 bits per heavy atom. The molecule has 3 aromatic rings. The number of hydrogen-bond acceptors (Lipinski definition) is 5. The van der Waals surface area contributed by atoms with Crippen molar-refractivity contribution in [2.45, 2.75) is 25.7 Å². The summed E-state index contributed by atoms with van der Waals surface area (Å²) < 4.78 is 5.44. The average molecular weight is 297 g/mol. The van der Waals surface area contributed by atoms with Gasteiger partial charge in [-0.25, -0.2) is 0 Å². The first-order chi connectivity index (χ1) is 10.2. The van der Waals surface area contributed by atoms with Gasteiger partial charge < -0.3 is 10.3 Å². The molecule has 1 unspecified atom stereocenters. The molecule has 2 aromatic heterocycles. The number of thiophene rings is 1. The Hall–Kier alpha value is -2.14. The molecule has 0 aliphatic heterocycles. The van der Waals surface area contributed by atoms with Gasteiger partial charge in [-0.1, -0.05) is 29.4 Å². The SMILES string of the molecule is Cc1cc(-c2nc(C3CCc4ccccc43)no2)c(N)s1. The number of nitrogens with two attached hydrogens (primary N) is 1. The highest BCUT2D eigenvalue weighted by atomic mass is 32.1. The molecule has 21 heavy (non-hydrogen) atoms. The van der Waals surface area contributed by atoms with E-state index in [4.69, 9.17) is 10.3 Å². The van der Waals surface area contributed by atoms with Crippen LogP contribution in [0.25, 0.3) is 11.5 Å². The quantitative estimate of drug-likeness (QED) is 0.782. The van der Waals surface area contributed by atoms with E-state index in [9.17, 15) is 0 Å². The number of benzene rings is 1. The average Bonchev–Trinajstić information content (AvgIpc) is 3.16. The van der Waals surface area contributed by atoms with Crippen molar-refractivity contribution >= 4 is 16.3 Å². The molecule has 1 atom stereocenters. The first kappa shape index (κ1) is 12.6. The van der Waals surface area contributed by atoms with Crippen LogP contribution in [0.15, 0.2) is 34.9 Å². The van der Waals surface area contributed by atoms with E-state index in [0.717, 1.165) is 34.1 Å². The predicted molar refractivity (Wildman–Crippen MR) is 83.4 cm³/mol. The standard InChI is InChI=1S/C16H15N3OS/c1-9-8-13(14(17)21-9)16-18-15(19-20-16)12-7-6-10-4-2-3-5-11(10)12/h2-5,8,12H,6-7,17H2,1H3. The lowest BCUT2D eigenvalue weighted by molar-refractivity contribution is 0.419. The molecule has 0 spiro atoms. The molecule has 0 fully saturated rings. The van der Waals surface area contributed by atoms with Gasteiger partial charge in [-0.3, -0.25) is 0 Å². The number of aromatic nitrogens is 2. The minimum atomic E-state index is 0.236. The van der Waals surface area contributed by atoms with E-state index < -0.39 is 0 Å². The number of aryl methyl sites for hydroxylation is 2. The molecule has 2 N–H and O–H groups in total. The summed E-state index contributed by atoms with van der Waals surface area (Å²) in [6.07, 6.45) is 2.11. The Kier molecular flexibility index (Phi) is 2.82. The van der Waals surface area contributed by atoms with Crippen LogP contribution in [0.5, 0.6) is 0 Å². The van der Waals surface area contributed by atoms with Crippen molar-refractivity contribution in [1.29, 1.82) is 0 Å². The molecular weight excluding hydrogens is 282 g/mol. The molecule has 1 aliphatic carbocycles. The van der Waals surface area contributed by atoms with Crippen LogP contribution in [-0.4, -0.2) is 10.1 Å². The molecule has 0 radical (unpaired) electrons. The molecule has 4 rings (SSSR count). The summed E-state index contributed by atoms with van der Waals surface area (Å²) >= 11 is 1.54.